The monoisotopic (exact) mass is 504 g/mol. The van der Waals surface area contributed by atoms with Crippen molar-refractivity contribution in [3.63, 3.8) is 0 Å². The fraction of sp³-hybridized carbons (Fsp3) is 0. The van der Waals surface area contributed by atoms with Crippen LogP contribution in [0, 0.1) is 16.7 Å². The van der Waals surface area contributed by atoms with Crippen molar-refractivity contribution in [3.05, 3.63) is 126 Å². The third-order valence-electron chi connectivity index (χ3n) is 6.95. The quantitative estimate of drug-likeness (QED) is 0.190. The van der Waals surface area contributed by atoms with Crippen LogP contribution >= 0.6 is 11.3 Å². The van der Waals surface area contributed by atoms with Crippen LogP contribution < -0.4 is 0 Å². The number of hydrogen-bond donors (Lipinski definition) is 1. The summed E-state index contributed by atoms with van der Waals surface area (Å²) < 4.78 is 4.94. The van der Waals surface area contributed by atoms with Crippen molar-refractivity contribution >= 4 is 65.4 Å². The van der Waals surface area contributed by atoms with Crippen LogP contribution in [0.25, 0.3) is 47.7 Å². The van der Waals surface area contributed by atoms with Crippen molar-refractivity contribution in [1.82, 2.24) is 4.57 Å². The van der Waals surface area contributed by atoms with Crippen LogP contribution in [-0.4, -0.2) is 16.6 Å². The van der Waals surface area contributed by atoms with Gasteiger partial charge in [0.25, 0.3) is 0 Å². The second kappa shape index (κ2) is 8.81. The Morgan fingerprint density at radius 3 is 2.26 bits per heavy atom. The van der Waals surface area contributed by atoms with E-state index in [4.69, 9.17) is 10.7 Å². The lowest BCUT2D eigenvalue weighted by molar-refractivity contribution is 1.18. The van der Waals surface area contributed by atoms with Gasteiger partial charge in [-0.05, 0) is 66.2 Å². The Bertz CT molecular complexity index is 2090. The van der Waals surface area contributed by atoms with Crippen LogP contribution in [0.5, 0.6) is 0 Å². The van der Waals surface area contributed by atoms with Gasteiger partial charge in [-0.1, -0.05) is 48.5 Å². The van der Waals surface area contributed by atoms with Crippen molar-refractivity contribution < 1.29 is 0 Å². The molecule has 7 rings (SSSR count). The summed E-state index contributed by atoms with van der Waals surface area (Å²) in [6.07, 6.45) is 1.71. The van der Waals surface area contributed by atoms with E-state index >= 15 is 0 Å². The zero-order valence-electron chi connectivity index (χ0n) is 20.2. The maximum atomic E-state index is 8.97. The topological polar surface area (TPSA) is 64.9 Å². The average Bonchev–Trinajstić information content (AvgIpc) is 3.50. The number of hydrogen-bond acceptors (Lipinski definition) is 3. The van der Waals surface area contributed by atoms with Crippen LogP contribution in [0.15, 0.2) is 114 Å². The average molecular weight is 505 g/mol. The molecule has 5 heteroatoms. The van der Waals surface area contributed by atoms with E-state index in [1.165, 1.54) is 42.0 Å². The summed E-state index contributed by atoms with van der Waals surface area (Å²) in [6.45, 7) is 0. The molecular weight excluding hydrogens is 484 g/mol. The van der Waals surface area contributed by atoms with Crippen molar-refractivity contribution in [2.45, 2.75) is 0 Å². The maximum absolute atomic E-state index is 8.97. The number of nitrogens with zero attached hydrogens (tertiary/aromatic N) is 3. The number of para-hydroxylation sites is 1. The molecule has 5 aromatic carbocycles. The number of benzene rings is 5. The molecule has 0 spiro atoms. The first-order chi connectivity index (χ1) is 18.7. The molecule has 0 saturated carbocycles. The zero-order valence-corrected chi connectivity index (χ0v) is 21.0. The van der Waals surface area contributed by atoms with Gasteiger partial charge >= 0.3 is 0 Å². The number of aliphatic imine (C=N–C) groups is 1. The third kappa shape index (κ3) is 3.59. The molecule has 0 aliphatic heterocycles. The summed E-state index contributed by atoms with van der Waals surface area (Å²) in [7, 11) is 0. The van der Waals surface area contributed by atoms with Gasteiger partial charge in [-0.25, -0.2) is 4.99 Å². The Morgan fingerprint density at radius 2 is 1.47 bits per heavy atom. The van der Waals surface area contributed by atoms with Gasteiger partial charge in [0, 0.05) is 48.4 Å². The van der Waals surface area contributed by atoms with Gasteiger partial charge in [0.1, 0.15) is 0 Å². The molecule has 0 fully saturated rings. The lowest BCUT2D eigenvalue weighted by atomic mass is 10.1. The standard InChI is InChI=1S/C33H20N4S/c34-19-21-9-13-23(14-10-21)33(35)36-20-22-11-15-24(16-12-22)37-29-7-3-1-5-25(29)27-18-32-28(17-30(27)37)26-6-2-4-8-31(26)38-32/h1-18,20,35H/b35-33?,36-20+. The van der Waals surface area contributed by atoms with Gasteiger partial charge in [-0.3, -0.25) is 5.41 Å². The number of rotatable bonds is 3. The number of aromatic nitrogens is 1. The van der Waals surface area contributed by atoms with Crippen LogP contribution in [-0.2, 0) is 0 Å². The van der Waals surface area contributed by atoms with Gasteiger partial charge in [0.2, 0.25) is 0 Å². The van der Waals surface area contributed by atoms with E-state index in [2.05, 4.69) is 88.4 Å². The van der Waals surface area contributed by atoms with E-state index in [9.17, 15) is 0 Å². The summed E-state index contributed by atoms with van der Waals surface area (Å²) in [5.41, 5.74) is 5.60. The SMILES string of the molecule is N#Cc1ccc(C(=N)/N=C/c2ccc(-n3c4ccccc4c4cc5sc6ccccc6c5cc43)cc2)cc1. The largest absolute Gasteiger partial charge is 0.309 e. The lowest BCUT2D eigenvalue weighted by Gasteiger charge is -2.08. The Morgan fingerprint density at radius 1 is 0.737 bits per heavy atom. The summed E-state index contributed by atoms with van der Waals surface area (Å²) in [6, 6.07) is 39.1. The minimum Gasteiger partial charge on any atom is -0.309 e. The first-order valence-corrected chi connectivity index (χ1v) is 13.1. The molecule has 0 radical (unpaired) electrons. The van der Waals surface area contributed by atoms with Gasteiger partial charge in [-0.15, -0.1) is 11.3 Å². The second-order valence-corrected chi connectivity index (χ2v) is 10.3. The van der Waals surface area contributed by atoms with E-state index in [0.29, 0.717) is 11.1 Å². The van der Waals surface area contributed by atoms with Crippen molar-refractivity contribution in [2.24, 2.45) is 4.99 Å². The number of amidine groups is 1. The smallest absolute Gasteiger partial charge is 0.151 e. The highest BCUT2D eigenvalue weighted by molar-refractivity contribution is 7.25. The molecule has 0 aliphatic rings. The molecular formula is C33H20N4S. The maximum Gasteiger partial charge on any atom is 0.151 e. The van der Waals surface area contributed by atoms with Gasteiger partial charge in [0.15, 0.2) is 5.84 Å². The molecule has 7 aromatic rings. The molecule has 1 N–H and O–H groups in total. The highest BCUT2D eigenvalue weighted by Crippen LogP contribution is 2.40. The highest BCUT2D eigenvalue weighted by atomic mass is 32.1. The fourth-order valence-electron chi connectivity index (χ4n) is 5.09. The number of thiophene rings is 1. The Kier molecular flexibility index (Phi) is 5.14. The second-order valence-electron chi connectivity index (χ2n) is 9.20. The Balaban J connectivity index is 1.30. The first-order valence-electron chi connectivity index (χ1n) is 12.3. The molecule has 2 aromatic heterocycles. The molecule has 0 bridgehead atoms. The zero-order chi connectivity index (χ0) is 25.6. The van der Waals surface area contributed by atoms with Crippen molar-refractivity contribution in [2.75, 3.05) is 0 Å². The summed E-state index contributed by atoms with van der Waals surface area (Å²) >= 11 is 1.84. The molecule has 0 saturated heterocycles. The Labute approximate surface area is 222 Å². The molecule has 0 aliphatic carbocycles. The fourth-order valence-corrected chi connectivity index (χ4v) is 6.22. The summed E-state index contributed by atoms with van der Waals surface area (Å²) in [5.74, 6) is 0.160. The minimum absolute atomic E-state index is 0.160. The minimum atomic E-state index is 0.160. The van der Waals surface area contributed by atoms with Crippen LogP contribution in [0.4, 0.5) is 0 Å². The van der Waals surface area contributed by atoms with E-state index in [1.807, 2.05) is 23.5 Å². The van der Waals surface area contributed by atoms with E-state index in [1.54, 1.807) is 30.5 Å². The summed E-state index contributed by atoms with van der Waals surface area (Å²) in [4.78, 5) is 4.34. The van der Waals surface area contributed by atoms with Crippen LogP contribution in [0.3, 0.4) is 0 Å². The molecule has 2 heterocycles. The lowest BCUT2D eigenvalue weighted by Crippen LogP contribution is -1.97. The van der Waals surface area contributed by atoms with Crippen molar-refractivity contribution in [3.8, 4) is 11.8 Å². The molecule has 4 nitrogen and oxygen atoms in total. The van der Waals surface area contributed by atoms with E-state index in [-0.39, 0.29) is 5.84 Å². The highest BCUT2D eigenvalue weighted by Gasteiger charge is 2.15. The van der Waals surface area contributed by atoms with Gasteiger partial charge in [-0.2, -0.15) is 5.26 Å². The predicted molar refractivity (Wildman–Crippen MR) is 159 cm³/mol. The predicted octanol–water partition coefficient (Wildman–Crippen LogP) is 8.47. The van der Waals surface area contributed by atoms with Gasteiger partial charge < -0.3 is 4.57 Å². The number of nitriles is 1. The van der Waals surface area contributed by atoms with E-state index < -0.39 is 0 Å². The van der Waals surface area contributed by atoms with Crippen LogP contribution in [0.2, 0.25) is 0 Å². The first kappa shape index (κ1) is 22.2. The van der Waals surface area contributed by atoms with Crippen LogP contribution in [0.1, 0.15) is 16.7 Å². The molecule has 0 unspecified atom stereocenters. The molecule has 0 atom stereocenters. The van der Waals surface area contributed by atoms with Gasteiger partial charge in [0.05, 0.1) is 22.7 Å². The molecule has 178 valence electrons. The van der Waals surface area contributed by atoms with Crippen molar-refractivity contribution in [1.29, 1.82) is 10.7 Å². The summed E-state index contributed by atoms with van der Waals surface area (Å²) in [5, 5.41) is 22.3. The Hall–Kier alpha value is -5.05. The molecule has 38 heavy (non-hydrogen) atoms. The third-order valence-corrected chi connectivity index (χ3v) is 8.09. The number of fused-ring (bicyclic) bond motifs is 6. The van der Waals surface area contributed by atoms with E-state index in [0.717, 1.165) is 11.3 Å². The molecule has 0 amide bonds. The normalized spacial score (nSPS) is 11.7. The number of nitrogens with one attached hydrogen (secondary N) is 1.